The van der Waals surface area contributed by atoms with Gasteiger partial charge in [0.15, 0.2) is 5.82 Å². The summed E-state index contributed by atoms with van der Waals surface area (Å²) in [7, 11) is 0. The minimum Gasteiger partial charge on any atom is -0.372 e. The number of nitrogens with zero attached hydrogens (tertiary/aromatic N) is 3. The lowest BCUT2D eigenvalue weighted by Crippen LogP contribution is -2.23. The Balaban J connectivity index is 1.67. The number of carbonyl (C=O) groups excluding carboxylic acids is 1. The predicted molar refractivity (Wildman–Crippen MR) is 100 cm³/mol. The van der Waals surface area contributed by atoms with Crippen molar-refractivity contribution in [3.8, 4) is 0 Å². The molecule has 4 rings (SSSR count). The molecule has 1 atom stereocenters. The molecule has 0 saturated carbocycles. The molecular weight excluding hydrogens is 312 g/mol. The second kappa shape index (κ2) is 6.54. The zero-order valence-electron chi connectivity index (χ0n) is 15.1. The standard InChI is InChI=1S/C20H26N4O/c1-3-10-24-14(2)19-17(13-18(25)21-20(19)22-24)15-6-8-16(9-7-15)23-11-4-5-12-23/h6-9,17H,3-5,10-13H2,1-2H3,(H,21,22,25). The van der Waals surface area contributed by atoms with Gasteiger partial charge in [-0.3, -0.25) is 9.48 Å². The van der Waals surface area contributed by atoms with Gasteiger partial charge in [-0.15, -0.1) is 0 Å². The Morgan fingerprint density at radius 3 is 2.60 bits per heavy atom. The van der Waals surface area contributed by atoms with Crippen LogP contribution in [-0.4, -0.2) is 28.8 Å². The summed E-state index contributed by atoms with van der Waals surface area (Å²) in [6.07, 6.45) is 4.09. The molecule has 1 amide bonds. The molecule has 1 aromatic heterocycles. The highest BCUT2D eigenvalue weighted by Crippen LogP contribution is 2.39. The Kier molecular flexibility index (Phi) is 4.24. The van der Waals surface area contributed by atoms with E-state index in [0.29, 0.717) is 6.42 Å². The summed E-state index contributed by atoms with van der Waals surface area (Å²) in [5.74, 6) is 0.903. The van der Waals surface area contributed by atoms with Gasteiger partial charge in [-0.2, -0.15) is 5.10 Å². The van der Waals surface area contributed by atoms with E-state index in [1.54, 1.807) is 0 Å². The van der Waals surface area contributed by atoms with E-state index in [1.807, 2.05) is 4.68 Å². The Morgan fingerprint density at radius 1 is 1.20 bits per heavy atom. The topological polar surface area (TPSA) is 50.2 Å². The van der Waals surface area contributed by atoms with Gasteiger partial charge in [0.2, 0.25) is 5.91 Å². The molecule has 1 N–H and O–H groups in total. The molecule has 2 aliphatic rings. The lowest BCUT2D eigenvalue weighted by molar-refractivity contribution is -0.116. The van der Waals surface area contributed by atoms with Crippen molar-refractivity contribution in [1.29, 1.82) is 0 Å². The Labute approximate surface area is 149 Å². The zero-order chi connectivity index (χ0) is 17.4. The van der Waals surface area contributed by atoms with Gasteiger partial charge in [0, 0.05) is 48.9 Å². The van der Waals surface area contributed by atoms with E-state index in [0.717, 1.165) is 31.9 Å². The Morgan fingerprint density at radius 2 is 1.92 bits per heavy atom. The third kappa shape index (κ3) is 2.92. The average molecular weight is 338 g/mol. The molecule has 2 aromatic rings. The number of amides is 1. The molecule has 2 aliphatic heterocycles. The van der Waals surface area contributed by atoms with Crippen molar-refractivity contribution in [2.75, 3.05) is 23.3 Å². The van der Waals surface area contributed by atoms with Crippen molar-refractivity contribution in [3.05, 3.63) is 41.1 Å². The van der Waals surface area contributed by atoms with Crippen molar-refractivity contribution >= 4 is 17.4 Å². The maximum atomic E-state index is 12.2. The minimum absolute atomic E-state index is 0.0577. The predicted octanol–water partition coefficient (Wildman–Crippen LogP) is 3.68. The molecule has 0 spiro atoms. The van der Waals surface area contributed by atoms with Crippen LogP contribution >= 0.6 is 0 Å². The van der Waals surface area contributed by atoms with E-state index in [2.05, 4.69) is 53.4 Å². The van der Waals surface area contributed by atoms with Crippen molar-refractivity contribution in [1.82, 2.24) is 9.78 Å². The van der Waals surface area contributed by atoms with Crippen molar-refractivity contribution in [2.24, 2.45) is 0 Å². The maximum absolute atomic E-state index is 12.2. The normalized spacial score (nSPS) is 19.8. The second-order valence-electron chi connectivity index (χ2n) is 7.16. The van der Waals surface area contributed by atoms with Crippen molar-refractivity contribution in [3.63, 3.8) is 0 Å². The van der Waals surface area contributed by atoms with Gasteiger partial charge < -0.3 is 10.2 Å². The van der Waals surface area contributed by atoms with Crippen molar-refractivity contribution < 1.29 is 4.79 Å². The number of hydrogen-bond acceptors (Lipinski definition) is 3. The minimum atomic E-state index is 0.0577. The summed E-state index contributed by atoms with van der Waals surface area (Å²) in [5.41, 5.74) is 4.85. The Bertz CT molecular complexity index is 772. The first-order valence-electron chi connectivity index (χ1n) is 9.39. The van der Waals surface area contributed by atoms with Crippen molar-refractivity contribution in [2.45, 2.75) is 52.0 Å². The van der Waals surface area contributed by atoms with E-state index in [4.69, 9.17) is 0 Å². The highest BCUT2D eigenvalue weighted by atomic mass is 16.1. The molecule has 5 heteroatoms. The van der Waals surface area contributed by atoms with Crippen LogP contribution in [0.1, 0.15) is 55.3 Å². The van der Waals surface area contributed by atoms with Crippen LogP contribution < -0.4 is 10.2 Å². The Hall–Kier alpha value is -2.30. The lowest BCUT2D eigenvalue weighted by atomic mass is 9.85. The summed E-state index contributed by atoms with van der Waals surface area (Å²) in [6.45, 7) is 7.45. The number of aryl methyl sites for hydroxylation is 1. The zero-order valence-corrected chi connectivity index (χ0v) is 15.1. The molecule has 0 bridgehead atoms. The number of aromatic nitrogens is 2. The van der Waals surface area contributed by atoms with Crippen LogP contribution in [0.4, 0.5) is 11.5 Å². The van der Waals surface area contributed by atoms with E-state index in [1.165, 1.54) is 35.3 Å². The summed E-state index contributed by atoms with van der Waals surface area (Å²) in [6, 6.07) is 8.80. The smallest absolute Gasteiger partial charge is 0.226 e. The third-order valence-electron chi connectivity index (χ3n) is 5.45. The van der Waals surface area contributed by atoms with E-state index in [9.17, 15) is 4.79 Å². The molecule has 1 aromatic carbocycles. The lowest BCUT2D eigenvalue weighted by Gasteiger charge is -2.24. The average Bonchev–Trinajstić information content (AvgIpc) is 3.24. The van der Waals surface area contributed by atoms with E-state index < -0.39 is 0 Å². The number of anilines is 2. The maximum Gasteiger partial charge on any atom is 0.226 e. The van der Waals surface area contributed by atoms with Gasteiger partial charge in [-0.1, -0.05) is 19.1 Å². The number of carbonyl (C=O) groups is 1. The van der Waals surface area contributed by atoms with Crippen LogP contribution in [0.3, 0.4) is 0 Å². The fraction of sp³-hybridized carbons (Fsp3) is 0.500. The van der Waals surface area contributed by atoms with E-state index >= 15 is 0 Å². The number of fused-ring (bicyclic) bond motifs is 1. The van der Waals surface area contributed by atoms with Gasteiger partial charge in [0.25, 0.3) is 0 Å². The first-order valence-corrected chi connectivity index (χ1v) is 9.39. The molecule has 1 saturated heterocycles. The van der Waals surface area contributed by atoms with Crippen LogP contribution in [0.5, 0.6) is 0 Å². The molecule has 5 nitrogen and oxygen atoms in total. The highest BCUT2D eigenvalue weighted by Gasteiger charge is 2.31. The van der Waals surface area contributed by atoms with Gasteiger partial charge >= 0.3 is 0 Å². The first kappa shape index (κ1) is 16.2. The summed E-state index contributed by atoms with van der Waals surface area (Å²) < 4.78 is 2.03. The molecule has 3 heterocycles. The number of nitrogens with one attached hydrogen (secondary N) is 1. The molecule has 0 radical (unpaired) electrons. The largest absolute Gasteiger partial charge is 0.372 e. The molecule has 132 valence electrons. The van der Waals surface area contributed by atoms with Crippen LogP contribution in [-0.2, 0) is 11.3 Å². The first-order chi connectivity index (χ1) is 12.2. The van der Waals surface area contributed by atoms with Crippen LogP contribution in [0, 0.1) is 6.92 Å². The number of rotatable bonds is 4. The summed E-state index contributed by atoms with van der Waals surface area (Å²) >= 11 is 0. The van der Waals surface area contributed by atoms with Crippen LogP contribution in [0.15, 0.2) is 24.3 Å². The highest BCUT2D eigenvalue weighted by molar-refractivity contribution is 5.94. The third-order valence-corrected chi connectivity index (χ3v) is 5.45. The second-order valence-corrected chi connectivity index (χ2v) is 7.16. The van der Waals surface area contributed by atoms with Gasteiger partial charge in [-0.05, 0) is 43.9 Å². The monoisotopic (exact) mass is 338 g/mol. The SMILES string of the molecule is CCCn1nc2c(c1C)C(c1ccc(N3CCCC3)cc1)CC(=O)N2. The van der Waals surface area contributed by atoms with Gasteiger partial charge in [0.05, 0.1) is 0 Å². The van der Waals surface area contributed by atoms with Crippen LogP contribution in [0.25, 0.3) is 0 Å². The molecule has 1 fully saturated rings. The van der Waals surface area contributed by atoms with Gasteiger partial charge in [-0.25, -0.2) is 0 Å². The van der Waals surface area contributed by atoms with Crippen LogP contribution in [0.2, 0.25) is 0 Å². The molecule has 1 unspecified atom stereocenters. The molecule has 0 aliphatic carbocycles. The summed E-state index contributed by atoms with van der Waals surface area (Å²) in [4.78, 5) is 14.6. The quantitative estimate of drug-likeness (QED) is 0.925. The summed E-state index contributed by atoms with van der Waals surface area (Å²) in [5, 5.41) is 7.58. The van der Waals surface area contributed by atoms with E-state index in [-0.39, 0.29) is 11.8 Å². The molecular formula is C20H26N4O. The van der Waals surface area contributed by atoms with Gasteiger partial charge in [0.1, 0.15) is 0 Å². The fourth-order valence-corrected chi connectivity index (χ4v) is 4.15. The number of hydrogen-bond donors (Lipinski definition) is 1. The molecule has 25 heavy (non-hydrogen) atoms. The fourth-order valence-electron chi connectivity index (χ4n) is 4.15. The number of benzene rings is 1.